The molecule has 0 aliphatic heterocycles. The molecule has 0 aromatic heterocycles. The first-order valence-corrected chi connectivity index (χ1v) is 1.40. The summed E-state index contributed by atoms with van der Waals surface area (Å²) in [6.45, 7) is 0. The van der Waals surface area contributed by atoms with Gasteiger partial charge < -0.3 is 0 Å². The zero-order chi connectivity index (χ0) is 5.41. The van der Waals surface area contributed by atoms with Crippen LogP contribution >= 0.6 is 11.6 Å². The van der Waals surface area contributed by atoms with E-state index >= 15 is 0 Å². The van der Waals surface area contributed by atoms with Crippen LogP contribution in [0.25, 0.3) is 0 Å². The summed E-state index contributed by atoms with van der Waals surface area (Å²) in [6, 6.07) is 0. The molecule has 0 aliphatic carbocycles. The van der Waals surface area contributed by atoms with Crippen LogP contribution in [0.3, 0.4) is 0 Å². The summed E-state index contributed by atoms with van der Waals surface area (Å²) in [5.41, 5.74) is 0. The van der Waals surface area contributed by atoms with Gasteiger partial charge in [-0.15, -0.1) is 0 Å². The van der Waals surface area contributed by atoms with Crippen LogP contribution in [-0.2, 0) is 0 Å². The molecule has 0 fully saturated rings. The van der Waals surface area contributed by atoms with Gasteiger partial charge in [0.2, 0.25) is 0 Å². The Morgan fingerprint density at radius 2 is 2.00 bits per heavy atom. The second-order valence-electron chi connectivity index (χ2n) is 0.169. The van der Waals surface area contributed by atoms with Gasteiger partial charge in [-0.1, -0.05) is 21.8 Å². The zero-order valence-electron chi connectivity index (χ0n) is 2.69. The van der Waals surface area contributed by atoms with Gasteiger partial charge in [0.05, 0.1) is 0 Å². The van der Waals surface area contributed by atoms with Crippen molar-refractivity contribution in [1.29, 1.82) is 0 Å². The summed E-state index contributed by atoms with van der Waals surface area (Å²) in [4.78, 5) is 7.88. The summed E-state index contributed by atoms with van der Waals surface area (Å²) in [6.07, 6.45) is -0.778. The van der Waals surface area contributed by atoms with Crippen LogP contribution in [-0.4, -0.2) is 6.13 Å². The molecule has 0 aliphatic rings. The highest BCUT2D eigenvalue weighted by Crippen LogP contribution is 1.65. The maximum atomic E-state index is 10.1. The number of hydrogen-bond acceptors (Lipinski definition) is 2. The van der Waals surface area contributed by atoms with Crippen LogP contribution in [0.4, 0.5) is 4.39 Å². The third-order valence-corrected chi connectivity index (χ3v) is 0. The second kappa shape index (κ2) is 23.1. The van der Waals surface area contributed by atoms with Crippen LogP contribution in [0, 0.1) is 9.71 Å². The Labute approximate surface area is 38.2 Å². The fourth-order valence-electron chi connectivity index (χ4n) is 0. The molecule has 0 atom stereocenters. The van der Waals surface area contributed by atoms with Crippen molar-refractivity contribution in [3.8, 4) is 0 Å². The number of hydrogen-bond donors (Lipinski definition) is 0. The van der Waals surface area contributed by atoms with Gasteiger partial charge in [-0.05, 0) is 0 Å². The molecule has 0 unspecified atom stereocenters. The summed E-state index contributed by atoms with van der Waals surface area (Å²) in [5, 5.41) is 7.88. The zero-order valence-corrected chi connectivity index (χ0v) is 3.44. The quantitative estimate of drug-likeness (QED) is 0.194. The molecule has 38 valence electrons. The van der Waals surface area contributed by atoms with Crippen LogP contribution < -0.4 is 5.26 Å². The molecule has 0 bridgehead atoms. The Morgan fingerprint density at radius 1 is 2.00 bits per heavy atom. The van der Waals surface area contributed by atoms with Crippen LogP contribution in [0.15, 0.2) is 0 Å². The highest BCUT2D eigenvalue weighted by atomic mass is 35.5. The Kier molecular flexibility index (Phi) is 35.2. The third kappa shape index (κ3) is 172. The molecule has 0 saturated carbocycles. The van der Waals surface area contributed by atoms with Crippen LogP contribution in [0.2, 0.25) is 0 Å². The summed E-state index contributed by atoms with van der Waals surface area (Å²) in [5.74, 6) is 0. The largest absolute Gasteiger partial charge is 0.234 e. The molecule has 0 radical (unpaired) electrons. The molecule has 0 rings (SSSR count). The maximum Gasteiger partial charge on any atom is 0.163 e. The van der Waals surface area contributed by atoms with Crippen molar-refractivity contribution in [1.82, 2.24) is 0 Å². The van der Waals surface area contributed by atoms with Crippen molar-refractivity contribution >= 4 is 11.6 Å². The van der Waals surface area contributed by atoms with Gasteiger partial charge in [-0.25, -0.2) is 4.39 Å². The minimum atomic E-state index is -0.778. The monoisotopic (exact) mass is 116 g/mol. The Balaban J connectivity index is 0. The van der Waals surface area contributed by atoms with Crippen molar-refractivity contribution < 1.29 is 9.65 Å². The van der Waals surface area contributed by atoms with Gasteiger partial charge in [0, 0.05) is 0 Å². The molecule has 0 amide bonds. The molecular weight excluding hydrogens is 114 g/mol. The first-order valence-electron chi connectivity index (χ1n) is 0.868. The molecule has 0 aromatic carbocycles. The summed E-state index contributed by atoms with van der Waals surface area (Å²) < 4.78 is 11.8. The van der Waals surface area contributed by atoms with Gasteiger partial charge in [0.1, 0.15) is 0 Å². The summed E-state index contributed by atoms with van der Waals surface area (Å²) in [7, 11) is 0. The lowest BCUT2D eigenvalue weighted by Gasteiger charge is -1.42. The predicted molar refractivity (Wildman–Crippen MR) is 18.6 cm³/mol. The van der Waals surface area contributed by atoms with E-state index in [1.807, 2.05) is 0 Å². The Bertz CT molecular complexity index is 24.8. The minimum absolute atomic E-state index is 0.778. The van der Waals surface area contributed by atoms with Gasteiger partial charge in [-0.3, -0.25) is 0 Å². The molecule has 3 nitrogen and oxygen atoms in total. The van der Waals surface area contributed by atoms with Gasteiger partial charge in [-0.2, -0.15) is 0 Å². The molecular formula is CH2ClFO3. The molecule has 6 heavy (non-hydrogen) atoms. The van der Waals surface area contributed by atoms with E-state index < -0.39 is 6.13 Å². The molecule has 0 aromatic rings. The minimum Gasteiger partial charge on any atom is -0.234 e. The van der Waals surface area contributed by atoms with E-state index in [9.17, 15) is 4.39 Å². The summed E-state index contributed by atoms with van der Waals surface area (Å²) >= 11 is 4.33. The Morgan fingerprint density at radius 3 is 2.00 bits per heavy atom. The van der Waals surface area contributed by atoms with E-state index in [1.165, 1.54) is 0 Å². The van der Waals surface area contributed by atoms with Crippen molar-refractivity contribution in [3.05, 3.63) is 9.71 Å². The fourth-order valence-corrected chi connectivity index (χ4v) is 0. The van der Waals surface area contributed by atoms with Gasteiger partial charge in [0.25, 0.3) is 0 Å². The third-order valence-electron chi connectivity index (χ3n) is 0. The first kappa shape index (κ1) is 9.15. The molecule has 0 spiro atoms. The van der Waals surface area contributed by atoms with Crippen molar-refractivity contribution in [2.75, 3.05) is 6.13 Å². The molecule has 0 heterocycles. The second-order valence-corrected chi connectivity index (χ2v) is 0.371. The maximum absolute atomic E-state index is 10.1. The normalized spacial score (nSPS) is 5.00. The van der Waals surface area contributed by atoms with E-state index in [0.717, 1.165) is 0 Å². The van der Waals surface area contributed by atoms with Crippen molar-refractivity contribution in [2.24, 2.45) is 0 Å². The fraction of sp³-hybridized carbons (Fsp3) is 1.00. The van der Waals surface area contributed by atoms with Crippen molar-refractivity contribution in [2.45, 2.75) is 0 Å². The number of rotatable bonds is 0. The van der Waals surface area contributed by atoms with Crippen molar-refractivity contribution in [3.63, 3.8) is 0 Å². The topological polar surface area (TPSA) is 51.4 Å². The predicted octanol–water partition coefficient (Wildman–Crippen LogP) is 0.0302. The highest BCUT2D eigenvalue weighted by Gasteiger charge is 1.43. The molecule has 5 heteroatoms. The lowest BCUT2D eigenvalue weighted by Crippen LogP contribution is -1.82. The van der Waals surface area contributed by atoms with Gasteiger partial charge >= 0.3 is 0 Å². The Hall–Kier alpha value is -0.380. The molecule has 0 N–H and O–H groups in total. The van der Waals surface area contributed by atoms with Crippen LogP contribution in [0.5, 0.6) is 0 Å². The van der Waals surface area contributed by atoms with E-state index in [2.05, 4.69) is 11.6 Å². The van der Waals surface area contributed by atoms with Crippen LogP contribution in [0.1, 0.15) is 0 Å². The standard InChI is InChI=1S/CH2ClF.O3/c2-1-3;1-3-2/h1H2;. The lowest BCUT2D eigenvalue weighted by molar-refractivity contribution is -0.284. The molecule has 0 saturated heterocycles. The SMILES string of the molecule is FCCl.O=[O+][O-]. The van der Waals surface area contributed by atoms with E-state index in [4.69, 9.17) is 10.2 Å². The average Bonchev–Trinajstić information content (AvgIpc) is 1.39. The van der Waals surface area contributed by atoms with E-state index in [-0.39, 0.29) is 0 Å². The number of halogens is 2. The highest BCUT2D eigenvalue weighted by molar-refractivity contribution is 6.16. The number of alkyl halides is 2. The average molecular weight is 116 g/mol. The first-order chi connectivity index (χ1) is 2.83. The smallest absolute Gasteiger partial charge is 0.163 e. The van der Waals surface area contributed by atoms with E-state index in [0.29, 0.717) is 0 Å². The van der Waals surface area contributed by atoms with E-state index in [1.54, 1.807) is 4.75 Å². The van der Waals surface area contributed by atoms with Gasteiger partial charge in [0.15, 0.2) is 10.9 Å². The lowest BCUT2D eigenvalue weighted by atomic mass is 11.8.